The molecule has 5 heteroatoms. The second-order valence-corrected chi connectivity index (χ2v) is 5.84. The number of amides is 1. The number of nitrogens with one attached hydrogen (secondary N) is 1. The molecule has 0 atom stereocenters. The standard InChI is InChI=1S/C14H12Br2N2O/c1-8-6-9(2)12(11(15)7-8)18-14(19)10-4-3-5-17-13(10)16/h3-7H,1-2H3,(H,18,19). The number of carbonyl (C=O) groups excluding carboxylic acids is 1. The molecule has 3 nitrogen and oxygen atoms in total. The van der Waals surface area contributed by atoms with Crippen LogP contribution in [0, 0.1) is 13.8 Å². The number of aryl methyl sites for hydroxylation is 2. The highest BCUT2D eigenvalue weighted by molar-refractivity contribution is 9.10. The van der Waals surface area contributed by atoms with Gasteiger partial charge in [0, 0.05) is 10.7 Å². The van der Waals surface area contributed by atoms with Crippen molar-refractivity contribution in [1.29, 1.82) is 0 Å². The average Bonchev–Trinajstić information content (AvgIpc) is 2.34. The van der Waals surface area contributed by atoms with Crippen LogP contribution in [0.4, 0.5) is 5.69 Å². The smallest absolute Gasteiger partial charge is 0.258 e. The van der Waals surface area contributed by atoms with Crippen LogP contribution in [0.3, 0.4) is 0 Å². The second-order valence-electron chi connectivity index (χ2n) is 4.23. The first-order chi connectivity index (χ1) is 8.99. The Bertz CT molecular complexity index is 618. The summed E-state index contributed by atoms with van der Waals surface area (Å²) in [6.45, 7) is 3.98. The van der Waals surface area contributed by atoms with Crippen molar-refractivity contribution >= 4 is 43.5 Å². The molecule has 0 aliphatic carbocycles. The van der Waals surface area contributed by atoms with Gasteiger partial charge < -0.3 is 5.32 Å². The van der Waals surface area contributed by atoms with Crippen molar-refractivity contribution in [2.75, 3.05) is 5.32 Å². The van der Waals surface area contributed by atoms with Crippen LogP contribution in [0.1, 0.15) is 21.5 Å². The van der Waals surface area contributed by atoms with Gasteiger partial charge in [-0.3, -0.25) is 4.79 Å². The highest BCUT2D eigenvalue weighted by Gasteiger charge is 2.13. The van der Waals surface area contributed by atoms with Gasteiger partial charge in [0.1, 0.15) is 4.60 Å². The number of rotatable bonds is 2. The number of hydrogen-bond donors (Lipinski definition) is 1. The molecule has 0 spiro atoms. The van der Waals surface area contributed by atoms with Gasteiger partial charge in [0.15, 0.2) is 0 Å². The maximum atomic E-state index is 12.2. The van der Waals surface area contributed by atoms with Crippen molar-refractivity contribution in [3.05, 3.63) is 56.2 Å². The fourth-order valence-electron chi connectivity index (χ4n) is 1.81. The molecule has 98 valence electrons. The summed E-state index contributed by atoms with van der Waals surface area (Å²) in [5.41, 5.74) is 3.45. The Morgan fingerprint density at radius 1 is 1.26 bits per heavy atom. The molecule has 0 aliphatic rings. The van der Waals surface area contributed by atoms with Crippen molar-refractivity contribution in [1.82, 2.24) is 4.98 Å². The van der Waals surface area contributed by atoms with Crippen LogP contribution in [-0.2, 0) is 0 Å². The fourth-order valence-corrected chi connectivity index (χ4v) is 3.01. The number of aromatic nitrogens is 1. The molecule has 2 aromatic rings. The molecular weight excluding hydrogens is 372 g/mol. The van der Waals surface area contributed by atoms with E-state index in [-0.39, 0.29) is 5.91 Å². The third-order valence-electron chi connectivity index (χ3n) is 2.67. The van der Waals surface area contributed by atoms with Crippen molar-refractivity contribution in [2.45, 2.75) is 13.8 Å². The quantitative estimate of drug-likeness (QED) is 0.777. The summed E-state index contributed by atoms with van der Waals surface area (Å²) in [4.78, 5) is 16.3. The molecule has 1 amide bonds. The monoisotopic (exact) mass is 382 g/mol. The van der Waals surface area contributed by atoms with Crippen LogP contribution in [-0.4, -0.2) is 10.9 Å². The number of anilines is 1. The molecular formula is C14H12Br2N2O. The Morgan fingerprint density at radius 3 is 2.63 bits per heavy atom. The van der Waals surface area contributed by atoms with Crippen molar-refractivity contribution in [2.24, 2.45) is 0 Å². The minimum Gasteiger partial charge on any atom is -0.321 e. The summed E-state index contributed by atoms with van der Waals surface area (Å²) in [7, 11) is 0. The molecule has 0 radical (unpaired) electrons. The van der Waals surface area contributed by atoms with Gasteiger partial charge in [0.25, 0.3) is 5.91 Å². The third-order valence-corrected chi connectivity index (χ3v) is 3.93. The van der Waals surface area contributed by atoms with E-state index in [0.29, 0.717) is 10.2 Å². The van der Waals surface area contributed by atoms with Crippen LogP contribution in [0.2, 0.25) is 0 Å². The molecule has 19 heavy (non-hydrogen) atoms. The molecule has 1 aromatic heterocycles. The lowest BCUT2D eigenvalue weighted by molar-refractivity contribution is 0.102. The maximum absolute atomic E-state index is 12.2. The maximum Gasteiger partial charge on any atom is 0.258 e. The van der Waals surface area contributed by atoms with Gasteiger partial charge in [0.05, 0.1) is 11.3 Å². The Morgan fingerprint density at radius 2 is 2.00 bits per heavy atom. The largest absolute Gasteiger partial charge is 0.321 e. The summed E-state index contributed by atoms with van der Waals surface area (Å²) in [6, 6.07) is 7.46. The Labute approximate surface area is 128 Å². The zero-order valence-corrected chi connectivity index (χ0v) is 13.7. The molecule has 0 saturated heterocycles. The van der Waals surface area contributed by atoms with Crippen molar-refractivity contribution in [3.63, 3.8) is 0 Å². The van der Waals surface area contributed by atoms with Crippen LogP contribution in [0.25, 0.3) is 0 Å². The predicted molar refractivity (Wildman–Crippen MR) is 83.5 cm³/mol. The molecule has 1 aromatic carbocycles. The second kappa shape index (κ2) is 5.84. The summed E-state index contributed by atoms with van der Waals surface area (Å²) >= 11 is 6.75. The number of benzene rings is 1. The first-order valence-electron chi connectivity index (χ1n) is 5.67. The lowest BCUT2D eigenvalue weighted by Gasteiger charge is -2.12. The van der Waals surface area contributed by atoms with Crippen LogP contribution in [0.5, 0.6) is 0 Å². The Kier molecular flexibility index (Phi) is 4.37. The van der Waals surface area contributed by atoms with Crippen LogP contribution < -0.4 is 5.32 Å². The molecule has 0 aliphatic heterocycles. The summed E-state index contributed by atoms with van der Waals surface area (Å²) in [6.07, 6.45) is 1.63. The van der Waals surface area contributed by atoms with Gasteiger partial charge in [0.2, 0.25) is 0 Å². The van der Waals surface area contributed by atoms with E-state index in [2.05, 4.69) is 42.2 Å². The van der Waals surface area contributed by atoms with E-state index in [1.165, 1.54) is 0 Å². The first-order valence-corrected chi connectivity index (χ1v) is 7.26. The Hall–Kier alpha value is -1.20. The summed E-state index contributed by atoms with van der Waals surface area (Å²) in [5, 5.41) is 2.91. The van der Waals surface area contributed by atoms with Gasteiger partial charge in [-0.05, 0) is 75.0 Å². The normalized spacial score (nSPS) is 10.3. The highest BCUT2D eigenvalue weighted by Crippen LogP contribution is 2.28. The molecule has 0 unspecified atom stereocenters. The zero-order chi connectivity index (χ0) is 14.0. The SMILES string of the molecule is Cc1cc(C)c(NC(=O)c2cccnc2Br)c(Br)c1. The number of nitrogens with zero attached hydrogens (tertiary/aromatic N) is 1. The molecule has 2 rings (SSSR count). The molecule has 0 fully saturated rings. The number of carbonyl (C=O) groups is 1. The van der Waals surface area contributed by atoms with Gasteiger partial charge in [-0.25, -0.2) is 4.98 Å². The number of hydrogen-bond acceptors (Lipinski definition) is 2. The fraction of sp³-hybridized carbons (Fsp3) is 0.143. The average molecular weight is 384 g/mol. The van der Waals surface area contributed by atoms with Gasteiger partial charge in [-0.1, -0.05) is 6.07 Å². The highest BCUT2D eigenvalue weighted by atomic mass is 79.9. The molecule has 0 bridgehead atoms. The molecule has 1 heterocycles. The van der Waals surface area contributed by atoms with Crippen LogP contribution >= 0.6 is 31.9 Å². The minimum atomic E-state index is -0.187. The summed E-state index contributed by atoms with van der Waals surface area (Å²) in [5.74, 6) is -0.187. The number of halogens is 2. The lowest BCUT2D eigenvalue weighted by Crippen LogP contribution is -2.14. The number of pyridine rings is 1. The molecule has 1 N–H and O–H groups in total. The lowest BCUT2D eigenvalue weighted by atomic mass is 10.1. The summed E-state index contributed by atoms with van der Waals surface area (Å²) < 4.78 is 1.41. The minimum absolute atomic E-state index is 0.187. The van der Waals surface area contributed by atoms with E-state index in [1.54, 1.807) is 18.3 Å². The Balaban J connectivity index is 2.32. The van der Waals surface area contributed by atoms with E-state index in [4.69, 9.17) is 0 Å². The van der Waals surface area contributed by atoms with E-state index in [1.807, 2.05) is 26.0 Å². The third kappa shape index (κ3) is 3.22. The topological polar surface area (TPSA) is 42.0 Å². The van der Waals surface area contributed by atoms with E-state index < -0.39 is 0 Å². The van der Waals surface area contributed by atoms with E-state index >= 15 is 0 Å². The van der Waals surface area contributed by atoms with Crippen LogP contribution in [0.15, 0.2) is 39.5 Å². The van der Waals surface area contributed by atoms with E-state index in [0.717, 1.165) is 21.3 Å². The van der Waals surface area contributed by atoms with E-state index in [9.17, 15) is 4.79 Å². The zero-order valence-electron chi connectivity index (χ0n) is 10.5. The molecule has 0 saturated carbocycles. The van der Waals surface area contributed by atoms with Gasteiger partial charge in [-0.2, -0.15) is 0 Å². The van der Waals surface area contributed by atoms with Gasteiger partial charge in [-0.15, -0.1) is 0 Å². The van der Waals surface area contributed by atoms with Crippen molar-refractivity contribution in [3.8, 4) is 0 Å². The first kappa shape index (κ1) is 14.2. The predicted octanol–water partition coefficient (Wildman–Crippen LogP) is 4.48. The van der Waals surface area contributed by atoms with Gasteiger partial charge >= 0.3 is 0 Å². The van der Waals surface area contributed by atoms with Crippen molar-refractivity contribution < 1.29 is 4.79 Å².